The number of esters is 1. The second kappa shape index (κ2) is 11.1. The molecule has 2 atom stereocenters. The lowest BCUT2D eigenvalue weighted by Gasteiger charge is -2.22. The molecule has 0 N–H and O–H groups in total. The highest BCUT2D eigenvalue weighted by Crippen LogP contribution is 2.31. The molecule has 0 aliphatic carbocycles. The van der Waals surface area contributed by atoms with E-state index in [0.29, 0.717) is 22.6 Å². The molecule has 5 nitrogen and oxygen atoms in total. The maximum absolute atomic E-state index is 13.0. The largest absolute Gasteiger partial charge is 0.457 e. The second-order valence-electron chi connectivity index (χ2n) is 7.60. The molecule has 0 spiro atoms. The van der Waals surface area contributed by atoms with Crippen molar-refractivity contribution in [2.24, 2.45) is 5.92 Å². The van der Waals surface area contributed by atoms with Gasteiger partial charge in [-0.3, -0.25) is 4.79 Å². The highest BCUT2D eigenvalue weighted by molar-refractivity contribution is 5.79. The van der Waals surface area contributed by atoms with Crippen molar-refractivity contribution in [3.05, 3.63) is 90.0 Å². The van der Waals surface area contributed by atoms with Gasteiger partial charge in [0.1, 0.15) is 23.3 Å². The molecule has 7 heteroatoms. The number of hydrogen-bond donors (Lipinski definition) is 0. The first kappa shape index (κ1) is 23.7. The molecular weight excluding hydrogens is 428 g/mol. The number of carbonyl (C=O) groups is 1. The van der Waals surface area contributed by atoms with E-state index in [2.05, 4.69) is 4.74 Å². The normalized spacial score (nSPS) is 12.6. The lowest BCUT2D eigenvalue weighted by molar-refractivity contribution is -0.150. The SMILES string of the molecule is CC(C)[C@H](C(=O)O[C@@H](C#N)c1cccc(Oc2ccccc2)c1)c1ccc(OC(F)F)cc1. The second-order valence-corrected chi connectivity index (χ2v) is 7.60. The zero-order valence-electron chi connectivity index (χ0n) is 18.2. The van der Waals surface area contributed by atoms with Crippen molar-refractivity contribution >= 4 is 5.97 Å². The van der Waals surface area contributed by atoms with Gasteiger partial charge in [-0.25, -0.2) is 0 Å². The van der Waals surface area contributed by atoms with E-state index >= 15 is 0 Å². The van der Waals surface area contributed by atoms with Crippen molar-refractivity contribution in [1.82, 2.24) is 0 Å². The number of alkyl halides is 2. The maximum atomic E-state index is 13.0. The van der Waals surface area contributed by atoms with Gasteiger partial charge in [-0.1, -0.05) is 56.3 Å². The van der Waals surface area contributed by atoms with E-state index in [4.69, 9.17) is 9.47 Å². The summed E-state index contributed by atoms with van der Waals surface area (Å²) in [4.78, 5) is 13.0. The number of nitriles is 1. The van der Waals surface area contributed by atoms with Crippen molar-refractivity contribution in [3.8, 4) is 23.3 Å². The van der Waals surface area contributed by atoms with Gasteiger partial charge in [-0.15, -0.1) is 0 Å². The molecule has 33 heavy (non-hydrogen) atoms. The molecule has 170 valence electrons. The van der Waals surface area contributed by atoms with Crippen LogP contribution in [0, 0.1) is 17.2 Å². The summed E-state index contributed by atoms with van der Waals surface area (Å²) in [6.07, 6.45) is -1.14. The Morgan fingerprint density at radius 2 is 1.52 bits per heavy atom. The average molecular weight is 451 g/mol. The molecule has 0 aromatic heterocycles. The Labute approximate surface area is 191 Å². The minimum absolute atomic E-state index is 0.00486. The first-order valence-corrected chi connectivity index (χ1v) is 10.3. The number of carbonyl (C=O) groups excluding carboxylic acids is 1. The van der Waals surface area contributed by atoms with Gasteiger partial charge in [0.25, 0.3) is 0 Å². The fraction of sp³-hybridized carbons (Fsp3) is 0.231. The third kappa shape index (κ3) is 6.53. The Hall–Kier alpha value is -3.92. The van der Waals surface area contributed by atoms with Gasteiger partial charge >= 0.3 is 12.6 Å². The van der Waals surface area contributed by atoms with Crippen LogP contribution in [0.3, 0.4) is 0 Å². The van der Waals surface area contributed by atoms with Crippen LogP contribution in [0.1, 0.15) is 37.0 Å². The van der Waals surface area contributed by atoms with Crippen LogP contribution in [0.5, 0.6) is 17.2 Å². The Bertz CT molecular complexity index is 1100. The van der Waals surface area contributed by atoms with Crippen molar-refractivity contribution in [2.75, 3.05) is 0 Å². The number of ether oxygens (including phenoxy) is 3. The molecule has 0 amide bonds. The van der Waals surface area contributed by atoms with E-state index in [0.717, 1.165) is 0 Å². The Kier molecular flexibility index (Phi) is 7.98. The molecule has 0 radical (unpaired) electrons. The zero-order chi connectivity index (χ0) is 23.8. The molecule has 0 aliphatic heterocycles. The van der Waals surface area contributed by atoms with Gasteiger partial charge in [0, 0.05) is 5.56 Å². The maximum Gasteiger partial charge on any atom is 0.387 e. The summed E-state index contributed by atoms with van der Waals surface area (Å²) in [5.41, 5.74) is 1.05. The standard InChI is InChI=1S/C26H23F2NO4/c1-17(2)24(18-11-13-21(14-12-18)32-26(27)28)25(30)33-23(16-29)19-7-6-10-22(15-19)31-20-8-4-3-5-9-20/h3-15,17,23-24,26H,1-2H3/t23-,24-/m0/s1. The Morgan fingerprint density at radius 1 is 0.848 bits per heavy atom. The molecule has 3 aromatic rings. The van der Waals surface area contributed by atoms with Gasteiger partial charge in [-0.2, -0.15) is 14.0 Å². The van der Waals surface area contributed by atoms with Crippen molar-refractivity contribution in [1.29, 1.82) is 5.26 Å². The van der Waals surface area contributed by atoms with E-state index in [9.17, 15) is 18.8 Å². The van der Waals surface area contributed by atoms with Crippen LogP contribution >= 0.6 is 0 Å². The van der Waals surface area contributed by atoms with Crippen LogP contribution in [-0.4, -0.2) is 12.6 Å². The first-order chi connectivity index (χ1) is 15.9. The molecule has 0 bridgehead atoms. The molecule has 3 rings (SSSR count). The quantitative estimate of drug-likeness (QED) is 0.342. The van der Waals surface area contributed by atoms with Crippen LogP contribution in [-0.2, 0) is 9.53 Å². The van der Waals surface area contributed by atoms with Crippen LogP contribution < -0.4 is 9.47 Å². The average Bonchev–Trinajstić information content (AvgIpc) is 2.79. The van der Waals surface area contributed by atoms with Crippen LogP contribution in [0.2, 0.25) is 0 Å². The Balaban J connectivity index is 1.76. The third-order valence-corrected chi connectivity index (χ3v) is 4.88. The summed E-state index contributed by atoms with van der Waals surface area (Å²) in [6, 6.07) is 23.8. The molecule has 0 saturated carbocycles. The van der Waals surface area contributed by atoms with E-state index in [1.807, 2.05) is 38.1 Å². The summed E-state index contributed by atoms with van der Waals surface area (Å²) < 4.78 is 40.5. The van der Waals surface area contributed by atoms with Gasteiger partial charge in [0.15, 0.2) is 0 Å². The smallest absolute Gasteiger partial charge is 0.387 e. The third-order valence-electron chi connectivity index (χ3n) is 4.88. The van der Waals surface area contributed by atoms with Gasteiger partial charge in [-0.05, 0) is 47.9 Å². The fourth-order valence-electron chi connectivity index (χ4n) is 3.37. The predicted molar refractivity (Wildman–Crippen MR) is 118 cm³/mol. The minimum atomic E-state index is -2.93. The van der Waals surface area contributed by atoms with E-state index < -0.39 is 24.6 Å². The van der Waals surface area contributed by atoms with Crippen molar-refractivity contribution in [2.45, 2.75) is 32.5 Å². The number of nitrogens with zero attached hydrogens (tertiary/aromatic N) is 1. The topological polar surface area (TPSA) is 68.6 Å². The van der Waals surface area contributed by atoms with E-state index in [1.165, 1.54) is 12.1 Å². The Morgan fingerprint density at radius 3 is 2.12 bits per heavy atom. The summed E-state index contributed by atoms with van der Waals surface area (Å²) in [5, 5.41) is 9.66. The van der Waals surface area contributed by atoms with Gasteiger partial charge in [0.05, 0.1) is 5.92 Å². The summed E-state index contributed by atoms with van der Waals surface area (Å²) >= 11 is 0. The number of halogens is 2. The zero-order valence-corrected chi connectivity index (χ0v) is 18.2. The molecule has 0 aliphatic rings. The molecule has 3 aromatic carbocycles. The highest BCUT2D eigenvalue weighted by Gasteiger charge is 2.29. The molecular formula is C26H23F2NO4. The summed E-state index contributed by atoms with van der Waals surface area (Å²) in [7, 11) is 0. The lowest BCUT2D eigenvalue weighted by Crippen LogP contribution is -2.22. The number of hydrogen-bond acceptors (Lipinski definition) is 5. The number of para-hydroxylation sites is 1. The number of rotatable bonds is 9. The summed E-state index contributed by atoms with van der Waals surface area (Å²) in [5.74, 6) is -0.302. The van der Waals surface area contributed by atoms with Crippen LogP contribution in [0.4, 0.5) is 8.78 Å². The highest BCUT2D eigenvalue weighted by atomic mass is 19.3. The van der Waals surface area contributed by atoms with Crippen molar-refractivity contribution in [3.63, 3.8) is 0 Å². The predicted octanol–water partition coefficient (Wildman–Crippen LogP) is 6.63. The molecule has 0 heterocycles. The van der Waals surface area contributed by atoms with E-state index in [-0.39, 0.29) is 11.7 Å². The lowest BCUT2D eigenvalue weighted by atomic mass is 9.88. The first-order valence-electron chi connectivity index (χ1n) is 10.3. The molecule has 0 unspecified atom stereocenters. The molecule has 0 fully saturated rings. The number of benzene rings is 3. The fourth-order valence-corrected chi connectivity index (χ4v) is 3.37. The summed E-state index contributed by atoms with van der Waals surface area (Å²) in [6.45, 7) is 0.746. The molecule has 0 saturated heterocycles. The minimum Gasteiger partial charge on any atom is -0.457 e. The van der Waals surface area contributed by atoms with Gasteiger partial charge in [0.2, 0.25) is 6.10 Å². The van der Waals surface area contributed by atoms with Crippen molar-refractivity contribution < 1.29 is 27.8 Å². The monoisotopic (exact) mass is 451 g/mol. The van der Waals surface area contributed by atoms with Gasteiger partial charge < -0.3 is 14.2 Å². The van der Waals surface area contributed by atoms with E-state index in [1.54, 1.807) is 48.5 Å². The van der Waals surface area contributed by atoms with Crippen LogP contribution in [0.25, 0.3) is 0 Å². The van der Waals surface area contributed by atoms with Crippen LogP contribution in [0.15, 0.2) is 78.9 Å².